The number of hydrogen-bond donors (Lipinski definition) is 2. The molecule has 0 saturated heterocycles. The van der Waals surface area contributed by atoms with Crippen molar-refractivity contribution in [3.05, 3.63) is 4.88 Å². The highest BCUT2D eigenvalue weighted by atomic mass is 32.1. The lowest BCUT2D eigenvalue weighted by molar-refractivity contribution is 0.0512. The Balaban J connectivity index is 2.58. The van der Waals surface area contributed by atoms with Crippen LogP contribution in [0.4, 0.5) is 10.9 Å². The number of methoxy groups -OCH3 is 1. The Kier molecular flexibility index (Phi) is 5.71. The number of anilines is 2. The smallest absolute Gasteiger partial charge is 0.352 e. The van der Waals surface area contributed by atoms with Gasteiger partial charge in [-0.25, -0.2) is 9.78 Å². The maximum absolute atomic E-state index is 11.6. The van der Waals surface area contributed by atoms with Crippen molar-refractivity contribution in [2.75, 3.05) is 37.9 Å². The summed E-state index contributed by atoms with van der Waals surface area (Å²) in [4.78, 5) is 16.0. The minimum atomic E-state index is -0.415. The molecule has 0 aliphatic heterocycles. The van der Waals surface area contributed by atoms with Crippen molar-refractivity contribution in [2.45, 2.75) is 13.3 Å². The first-order valence-electron chi connectivity index (χ1n) is 5.35. The van der Waals surface area contributed by atoms with Gasteiger partial charge in [0, 0.05) is 13.7 Å². The van der Waals surface area contributed by atoms with Crippen molar-refractivity contribution in [3.8, 4) is 0 Å². The molecule has 0 amide bonds. The molecule has 7 heteroatoms. The summed E-state index contributed by atoms with van der Waals surface area (Å²) in [6.07, 6.45) is 0.781. The molecule has 0 bridgehead atoms. The van der Waals surface area contributed by atoms with Crippen LogP contribution in [0, 0.1) is 0 Å². The fourth-order valence-corrected chi connectivity index (χ4v) is 1.88. The van der Waals surface area contributed by atoms with Crippen LogP contribution in [-0.2, 0) is 9.47 Å². The number of ether oxygens (including phenoxy) is 2. The summed E-state index contributed by atoms with van der Waals surface area (Å²) in [7, 11) is 1.62. The molecule has 0 radical (unpaired) electrons. The molecule has 0 fully saturated rings. The molecule has 0 unspecified atom stereocenters. The third kappa shape index (κ3) is 4.20. The zero-order valence-electron chi connectivity index (χ0n) is 9.99. The minimum Gasteiger partial charge on any atom is -0.461 e. The molecule has 1 rings (SSSR count). The number of nitrogens with zero attached hydrogens (tertiary/aromatic N) is 1. The predicted octanol–water partition coefficient (Wildman–Crippen LogP) is 1.35. The van der Waals surface area contributed by atoms with Crippen molar-refractivity contribution in [3.63, 3.8) is 0 Å². The maximum atomic E-state index is 11.6. The molecule has 96 valence electrons. The number of rotatable bonds is 7. The van der Waals surface area contributed by atoms with Gasteiger partial charge >= 0.3 is 5.97 Å². The van der Waals surface area contributed by atoms with E-state index in [4.69, 9.17) is 15.2 Å². The van der Waals surface area contributed by atoms with Crippen molar-refractivity contribution in [1.82, 2.24) is 4.98 Å². The summed E-state index contributed by atoms with van der Waals surface area (Å²) in [6.45, 7) is 3.51. The molecule has 0 saturated carbocycles. The lowest BCUT2D eigenvalue weighted by Gasteiger charge is -2.00. The second-order valence-electron chi connectivity index (χ2n) is 3.29. The maximum Gasteiger partial charge on any atom is 0.352 e. The number of esters is 1. The van der Waals surface area contributed by atoms with Crippen LogP contribution in [-0.4, -0.2) is 37.8 Å². The van der Waals surface area contributed by atoms with E-state index >= 15 is 0 Å². The fourth-order valence-electron chi connectivity index (χ4n) is 1.07. The molecule has 6 nitrogen and oxygen atoms in total. The molecule has 1 heterocycles. The third-order valence-electron chi connectivity index (χ3n) is 1.86. The van der Waals surface area contributed by atoms with Gasteiger partial charge < -0.3 is 20.5 Å². The van der Waals surface area contributed by atoms with E-state index in [2.05, 4.69) is 10.3 Å². The molecule has 0 aromatic carbocycles. The van der Waals surface area contributed by atoms with Crippen molar-refractivity contribution >= 4 is 28.3 Å². The Labute approximate surface area is 104 Å². The summed E-state index contributed by atoms with van der Waals surface area (Å²) in [5.74, 6) is -0.210. The Morgan fingerprint density at radius 2 is 2.29 bits per heavy atom. The van der Waals surface area contributed by atoms with Crippen molar-refractivity contribution < 1.29 is 14.3 Å². The number of carbonyl (C=O) groups excluding carboxylic acids is 1. The fraction of sp³-hybridized carbons (Fsp3) is 0.600. The highest BCUT2D eigenvalue weighted by molar-refractivity contribution is 7.17. The molecular weight excluding hydrogens is 242 g/mol. The van der Waals surface area contributed by atoms with Crippen molar-refractivity contribution in [2.24, 2.45) is 0 Å². The number of carbonyl (C=O) groups is 1. The van der Waals surface area contributed by atoms with E-state index in [0.29, 0.717) is 29.8 Å². The normalized spacial score (nSPS) is 10.2. The molecule has 17 heavy (non-hydrogen) atoms. The molecule has 3 N–H and O–H groups in total. The molecular formula is C10H17N3O3S. The van der Waals surface area contributed by atoms with Crippen LogP contribution >= 0.6 is 11.3 Å². The van der Waals surface area contributed by atoms with Gasteiger partial charge in [0.2, 0.25) is 0 Å². The Bertz CT molecular complexity index is 368. The lowest BCUT2D eigenvalue weighted by atomic mass is 10.5. The molecule has 0 aliphatic rings. The zero-order chi connectivity index (χ0) is 12.7. The molecule has 1 aromatic heterocycles. The Morgan fingerprint density at radius 3 is 2.94 bits per heavy atom. The van der Waals surface area contributed by atoms with Crippen LogP contribution in [0.2, 0.25) is 0 Å². The van der Waals surface area contributed by atoms with Crippen LogP contribution in [0.3, 0.4) is 0 Å². The topological polar surface area (TPSA) is 86.5 Å². The number of nitrogen functional groups attached to an aromatic ring is 1. The summed E-state index contributed by atoms with van der Waals surface area (Å²) in [6, 6.07) is 0. The van der Waals surface area contributed by atoms with Crippen LogP contribution < -0.4 is 11.1 Å². The molecule has 0 spiro atoms. The average molecular weight is 259 g/mol. The highest BCUT2D eigenvalue weighted by Gasteiger charge is 2.17. The van der Waals surface area contributed by atoms with Crippen LogP contribution in [0.1, 0.15) is 23.0 Å². The third-order valence-corrected chi connectivity index (χ3v) is 2.87. The van der Waals surface area contributed by atoms with Gasteiger partial charge in [-0.15, -0.1) is 0 Å². The predicted molar refractivity (Wildman–Crippen MR) is 67.5 cm³/mol. The Morgan fingerprint density at radius 1 is 1.53 bits per heavy atom. The number of hydrogen-bond acceptors (Lipinski definition) is 7. The average Bonchev–Trinajstić information content (AvgIpc) is 2.68. The number of thiazole rings is 1. The quantitative estimate of drug-likeness (QED) is 0.568. The van der Waals surface area contributed by atoms with Crippen LogP contribution in [0.5, 0.6) is 0 Å². The van der Waals surface area contributed by atoms with Gasteiger partial charge in [-0.2, -0.15) is 0 Å². The standard InChI is InChI=1S/C10H17N3O3S/c1-3-5-16-9(14)7-8(11)13-10(17-7)12-4-6-15-2/h3-6,11H2,1-2H3,(H,12,13). The number of nitrogens with two attached hydrogens (primary N) is 1. The van der Waals surface area contributed by atoms with Gasteiger partial charge in [0.05, 0.1) is 13.2 Å². The van der Waals surface area contributed by atoms with Gasteiger partial charge in [0.15, 0.2) is 15.8 Å². The molecule has 1 aromatic rings. The largest absolute Gasteiger partial charge is 0.461 e. The SMILES string of the molecule is CCCOC(=O)c1sc(NCCOC)nc1N. The first-order valence-corrected chi connectivity index (χ1v) is 6.17. The van der Waals surface area contributed by atoms with Gasteiger partial charge in [-0.3, -0.25) is 0 Å². The van der Waals surface area contributed by atoms with E-state index in [0.717, 1.165) is 6.42 Å². The van der Waals surface area contributed by atoms with Crippen LogP contribution in [0.25, 0.3) is 0 Å². The summed E-state index contributed by atoms with van der Waals surface area (Å²) >= 11 is 1.19. The first-order chi connectivity index (χ1) is 8.19. The van der Waals surface area contributed by atoms with E-state index in [1.807, 2.05) is 6.92 Å². The van der Waals surface area contributed by atoms with Crippen LogP contribution in [0.15, 0.2) is 0 Å². The van der Waals surface area contributed by atoms with Gasteiger partial charge in [-0.1, -0.05) is 18.3 Å². The second kappa shape index (κ2) is 7.08. The van der Waals surface area contributed by atoms with E-state index in [1.54, 1.807) is 7.11 Å². The second-order valence-corrected chi connectivity index (χ2v) is 4.29. The van der Waals surface area contributed by atoms with Gasteiger partial charge in [-0.05, 0) is 6.42 Å². The van der Waals surface area contributed by atoms with Gasteiger partial charge in [0.25, 0.3) is 0 Å². The molecule has 0 aliphatic carbocycles. The Hall–Kier alpha value is -1.34. The number of nitrogens with one attached hydrogen (secondary N) is 1. The molecule has 0 atom stereocenters. The van der Waals surface area contributed by atoms with Gasteiger partial charge in [0.1, 0.15) is 0 Å². The minimum absolute atomic E-state index is 0.205. The summed E-state index contributed by atoms with van der Waals surface area (Å²) in [5, 5.41) is 3.61. The summed E-state index contributed by atoms with van der Waals surface area (Å²) in [5.41, 5.74) is 5.65. The van der Waals surface area contributed by atoms with E-state index in [1.165, 1.54) is 11.3 Å². The lowest BCUT2D eigenvalue weighted by Crippen LogP contribution is -2.07. The van der Waals surface area contributed by atoms with E-state index in [-0.39, 0.29) is 5.82 Å². The summed E-state index contributed by atoms with van der Waals surface area (Å²) < 4.78 is 9.89. The number of aromatic nitrogens is 1. The zero-order valence-corrected chi connectivity index (χ0v) is 10.8. The van der Waals surface area contributed by atoms with E-state index in [9.17, 15) is 4.79 Å². The van der Waals surface area contributed by atoms with Crippen molar-refractivity contribution in [1.29, 1.82) is 0 Å². The first kappa shape index (κ1) is 13.7. The highest BCUT2D eigenvalue weighted by Crippen LogP contribution is 2.25. The monoisotopic (exact) mass is 259 g/mol. The van der Waals surface area contributed by atoms with E-state index < -0.39 is 5.97 Å².